The maximum Gasteiger partial charge on any atom is 0.417 e. The molecule has 3 aromatic heterocycles. The smallest absolute Gasteiger partial charge is 0.335 e. The number of hydrogen-bond donors (Lipinski definition) is 3. The Hall–Kier alpha value is -2.76. The zero-order valence-corrected chi connectivity index (χ0v) is 18.6. The van der Waals surface area contributed by atoms with E-state index in [4.69, 9.17) is 4.98 Å². The first-order valence-corrected chi connectivity index (χ1v) is 11.1. The number of halogens is 3. The van der Waals surface area contributed by atoms with Crippen LogP contribution in [0.15, 0.2) is 36.8 Å². The molecule has 2 saturated heterocycles. The first-order chi connectivity index (χ1) is 15.7. The Morgan fingerprint density at radius 2 is 1.91 bits per heavy atom. The van der Waals surface area contributed by atoms with Gasteiger partial charge in [0, 0.05) is 55.6 Å². The van der Waals surface area contributed by atoms with Gasteiger partial charge in [0.15, 0.2) is 0 Å². The van der Waals surface area contributed by atoms with Gasteiger partial charge in [-0.3, -0.25) is 15.3 Å². The number of imidazole rings is 1. The number of hydrazine groups is 1. The van der Waals surface area contributed by atoms with Crippen LogP contribution in [0, 0.1) is 5.92 Å². The van der Waals surface area contributed by atoms with Crippen LogP contribution < -0.4 is 21.1 Å². The molecule has 176 valence electrons. The number of aromatic nitrogens is 4. The maximum absolute atomic E-state index is 13.3. The number of pyridine rings is 1. The van der Waals surface area contributed by atoms with Gasteiger partial charge in [-0.15, -0.1) is 0 Å². The van der Waals surface area contributed by atoms with Crippen LogP contribution in [0.25, 0.3) is 17.0 Å². The van der Waals surface area contributed by atoms with Gasteiger partial charge in [0.25, 0.3) is 0 Å². The summed E-state index contributed by atoms with van der Waals surface area (Å²) in [6.07, 6.45) is -0.173. The average molecular weight is 461 g/mol. The van der Waals surface area contributed by atoms with Crippen molar-refractivity contribution in [2.75, 3.05) is 18.0 Å². The third-order valence-electron chi connectivity index (χ3n) is 6.72. The lowest BCUT2D eigenvalue weighted by molar-refractivity contribution is -0.137. The Morgan fingerprint density at radius 1 is 1.09 bits per heavy atom. The van der Waals surface area contributed by atoms with Crippen LogP contribution in [0.5, 0.6) is 0 Å². The topological polar surface area (TPSA) is 82.4 Å². The minimum absolute atomic E-state index is 0.129. The third-order valence-corrected chi connectivity index (χ3v) is 6.72. The molecule has 2 fully saturated rings. The summed E-state index contributed by atoms with van der Waals surface area (Å²) in [4.78, 5) is 15.7. The van der Waals surface area contributed by atoms with Crippen molar-refractivity contribution < 1.29 is 13.2 Å². The van der Waals surface area contributed by atoms with Crippen LogP contribution in [0.3, 0.4) is 0 Å². The second-order valence-electron chi connectivity index (χ2n) is 8.99. The molecule has 0 amide bonds. The summed E-state index contributed by atoms with van der Waals surface area (Å²) in [5.41, 5.74) is 7.24. The predicted octanol–water partition coefficient (Wildman–Crippen LogP) is 2.48. The van der Waals surface area contributed by atoms with Crippen molar-refractivity contribution in [3.8, 4) is 11.4 Å². The fourth-order valence-corrected chi connectivity index (χ4v) is 4.95. The largest absolute Gasteiger partial charge is 0.417 e. The van der Waals surface area contributed by atoms with Crippen molar-refractivity contribution in [3.63, 3.8) is 0 Å². The number of fused-ring (bicyclic) bond motifs is 1. The highest BCUT2D eigenvalue weighted by Crippen LogP contribution is 2.31. The normalized spacial score (nSPS) is 28.5. The Balaban J connectivity index is 1.49. The lowest BCUT2D eigenvalue weighted by atomic mass is 9.86. The van der Waals surface area contributed by atoms with Crippen LogP contribution in [0.1, 0.15) is 26.3 Å². The highest BCUT2D eigenvalue weighted by atomic mass is 19.4. The molecule has 8 nitrogen and oxygen atoms in total. The number of hydrogen-bond acceptors (Lipinski definition) is 7. The Labute approximate surface area is 189 Å². The lowest BCUT2D eigenvalue weighted by Crippen LogP contribution is -2.64. The van der Waals surface area contributed by atoms with Gasteiger partial charge < -0.3 is 10.2 Å². The second-order valence-corrected chi connectivity index (χ2v) is 8.99. The molecule has 0 saturated carbocycles. The number of rotatable bonds is 3. The third kappa shape index (κ3) is 4.04. The van der Waals surface area contributed by atoms with Crippen LogP contribution in [-0.4, -0.2) is 56.6 Å². The van der Waals surface area contributed by atoms with E-state index < -0.39 is 11.7 Å². The van der Waals surface area contributed by atoms with E-state index in [0.717, 1.165) is 25.4 Å². The van der Waals surface area contributed by atoms with E-state index in [1.807, 2.05) is 0 Å². The number of piperazine rings is 1. The standard InChI is InChI=1S/C22H27F3N8/c1-12-10-32(14(3)20(29-12)16-8-28-31-13(16)2)21-26-7-6-17(30-21)18-9-27-19-5-4-15(11-33(18)19)22(23,24)25/h4-7,9,11-14,16,20,28-29,31H,8,10H2,1-3H3/t12-,13?,14-,16?,20?/m0/s1. The summed E-state index contributed by atoms with van der Waals surface area (Å²) < 4.78 is 41.2. The van der Waals surface area contributed by atoms with Crippen LogP contribution in [-0.2, 0) is 6.18 Å². The van der Waals surface area contributed by atoms with Crippen molar-refractivity contribution in [2.45, 2.75) is 51.1 Å². The zero-order valence-electron chi connectivity index (χ0n) is 18.6. The molecule has 3 unspecified atom stereocenters. The van der Waals surface area contributed by atoms with Crippen molar-refractivity contribution >= 4 is 11.6 Å². The molecule has 5 heterocycles. The summed E-state index contributed by atoms with van der Waals surface area (Å²) >= 11 is 0. The highest BCUT2D eigenvalue weighted by molar-refractivity contribution is 5.61. The predicted molar refractivity (Wildman–Crippen MR) is 119 cm³/mol. The molecule has 5 rings (SSSR count). The van der Waals surface area contributed by atoms with Crippen molar-refractivity contribution in [1.29, 1.82) is 0 Å². The van der Waals surface area contributed by atoms with Crippen molar-refractivity contribution in [3.05, 3.63) is 42.4 Å². The van der Waals surface area contributed by atoms with E-state index in [2.05, 4.69) is 51.8 Å². The molecule has 0 aliphatic carbocycles. The van der Waals surface area contributed by atoms with Gasteiger partial charge in [0.1, 0.15) is 5.65 Å². The molecule has 2 aliphatic heterocycles. The Bertz CT molecular complexity index is 1150. The van der Waals surface area contributed by atoms with Gasteiger partial charge in [-0.25, -0.2) is 15.0 Å². The molecule has 11 heteroatoms. The summed E-state index contributed by atoms with van der Waals surface area (Å²) in [5.74, 6) is 0.958. The molecule has 0 bridgehead atoms. The van der Waals surface area contributed by atoms with Gasteiger partial charge in [-0.1, -0.05) is 0 Å². The fraction of sp³-hybridized carbons (Fsp3) is 0.500. The molecule has 2 aliphatic rings. The van der Waals surface area contributed by atoms with Gasteiger partial charge in [0.05, 0.1) is 23.1 Å². The summed E-state index contributed by atoms with van der Waals surface area (Å²) in [7, 11) is 0. The minimum Gasteiger partial charge on any atom is -0.335 e. The molecule has 3 aromatic rings. The number of nitrogens with zero attached hydrogens (tertiary/aromatic N) is 5. The van der Waals surface area contributed by atoms with E-state index in [1.165, 1.54) is 10.5 Å². The Kier molecular flexibility index (Phi) is 5.50. The summed E-state index contributed by atoms with van der Waals surface area (Å²) in [5, 5.41) is 3.73. The van der Waals surface area contributed by atoms with E-state index in [9.17, 15) is 13.2 Å². The monoisotopic (exact) mass is 460 g/mol. The molecule has 3 N–H and O–H groups in total. The molecule has 0 spiro atoms. The molecular formula is C22H27F3N8. The molecule has 5 atom stereocenters. The van der Waals surface area contributed by atoms with E-state index in [1.54, 1.807) is 18.5 Å². The second kappa shape index (κ2) is 8.23. The molecule has 0 aromatic carbocycles. The molecule has 33 heavy (non-hydrogen) atoms. The maximum atomic E-state index is 13.3. The summed E-state index contributed by atoms with van der Waals surface area (Å²) in [6.45, 7) is 8.07. The van der Waals surface area contributed by atoms with Gasteiger partial charge in [0.2, 0.25) is 5.95 Å². The minimum atomic E-state index is -4.44. The molecule has 0 radical (unpaired) electrons. The lowest BCUT2D eigenvalue weighted by Gasteiger charge is -2.46. The first kappa shape index (κ1) is 22.1. The van der Waals surface area contributed by atoms with Gasteiger partial charge >= 0.3 is 6.18 Å². The van der Waals surface area contributed by atoms with Crippen molar-refractivity contribution in [1.82, 2.24) is 35.5 Å². The highest BCUT2D eigenvalue weighted by Gasteiger charge is 2.41. The average Bonchev–Trinajstić information content (AvgIpc) is 3.40. The first-order valence-electron chi connectivity index (χ1n) is 11.1. The number of alkyl halides is 3. The summed E-state index contributed by atoms with van der Waals surface area (Å²) in [6, 6.07) is 5.02. The Morgan fingerprint density at radius 3 is 2.64 bits per heavy atom. The van der Waals surface area contributed by atoms with E-state index in [-0.39, 0.29) is 18.1 Å². The molecular weight excluding hydrogens is 433 g/mol. The quantitative estimate of drug-likeness (QED) is 0.554. The number of nitrogens with one attached hydrogen (secondary N) is 3. The van der Waals surface area contributed by atoms with Crippen LogP contribution in [0.4, 0.5) is 19.1 Å². The van der Waals surface area contributed by atoms with Crippen molar-refractivity contribution in [2.24, 2.45) is 5.92 Å². The fourth-order valence-electron chi connectivity index (χ4n) is 4.95. The van der Waals surface area contributed by atoms with E-state index >= 15 is 0 Å². The SMILES string of the molecule is CC1NNCC1C1N[C@@H](C)CN(c2nccc(-c3cnc4ccc(C(F)(F)F)cn34)n2)[C@H]1C. The zero-order chi connectivity index (χ0) is 23.3. The van der Waals surface area contributed by atoms with Crippen LogP contribution in [0.2, 0.25) is 0 Å². The van der Waals surface area contributed by atoms with Gasteiger partial charge in [-0.05, 0) is 39.0 Å². The van der Waals surface area contributed by atoms with E-state index in [0.29, 0.717) is 34.9 Å². The van der Waals surface area contributed by atoms with Crippen LogP contribution >= 0.6 is 0 Å². The number of anilines is 1. The van der Waals surface area contributed by atoms with Gasteiger partial charge in [-0.2, -0.15) is 13.2 Å².